The van der Waals surface area contributed by atoms with Gasteiger partial charge in [-0.2, -0.15) is 5.10 Å². The van der Waals surface area contributed by atoms with Gasteiger partial charge in [-0.25, -0.2) is 0 Å². The van der Waals surface area contributed by atoms with E-state index in [-0.39, 0.29) is 11.4 Å². The summed E-state index contributed by atoms with van der Waals surface area (Å²) >= 11 is 0. The molecule has 0 radical (unpaired) electrons. The van der Waals surface area contributed by atoms with Gasteiger partial charge in [-0.1, -0.05) is 18.2 Å². The van der Waals surface area contributed by atoms with Gasteiger partial charge in [0.05, 0.1) is 16.8 Å². The number of phenols is 1. The summed E-state index contributed by atoms with van der Waals surface area (Å²) in [5.41, 5.74) is 3.71. The smallest absolute Gasteiger partial charge is 0.271 e. The number of nitrogens with one attached hydrogen (secondary N) is 1. The molecule has 0 amide bonds. The molecule has 0 aliphatic heterocycles. The van der Waals surface area contributed by atoms with Crippen molar-refractivity contribution >= 4 is 17.6 Å². The summed E-state index contributed by atoms with van der Waals surface area (Å²) in [4.78, 5) is 10.1. The number of nitrogens with zero attached hydrogens (tertiary/aromatic N) is 2. The molecule has 2 aromatic carbocycles. The topological polar surface area (TPSA) is 87.8 Å². The highest BCUT2D eigenvalue weighted by Gasteiger charge is 2.04. The Morgan fingerprint density at radius 2 is 2.00 bits per heavy atom. The SMILES string of the molecule is O=[N+]([O-])c1cccc(N/N=C/c2ccccc2O)c1. The fraction of sp³-hybridized carbons (Fsp3) is 0. The van der Waals surface area contributed by atoms with Crippen LogP contribution in [0.4, 0.5) is 11.4 Å². The van der Waals surface area contributed by atoms with Crippen molar-refractivity contribution < 1.29 is 10.0 Å². The Labute approximate surface area is 109 Å². The molecule has 0 saturated heterocycles. The van der Waals surface area contributed by atoms with Crippen molar-refractivity contribution in [2.24, 2.45) is 5.10 Å². The Morgan fingerprint density at radius 1 is 1.21 bits per heavy atom. The molecule has 0 spiro atoms. The first-order valence-corrected chi connectivity index (χ1v) is 5.48. The molecular weight excluding hydrogens is 246 g/mol. The number of aromatic hydroxyl groups is 1. The molecule has 2 aromatic rings. The second-order valence-electron chi connectivity index (χ2n) is 3.74. The van der Waals surface area contributed by atoms with Gasteiger partial charge in [-0.3, -0.25) is 15.5 Å². The van der Waals surface area contributed by atoms with E-state index in [0.29, 0.717) is 11.3 Å². The highest BCUT2D eigenvalue weighted by Crippen LogP contribution is 2.17. The van der Waals surface area contributed by atoms with Gasteiger partial charge in [-0.05, 0) is 18.2 Å². The van der Waals surface area contributed by atoms with Crippen molar-refractivity contribution in [3.8, 4) is 5.75 Å². The van der Waals surface area contributed by atoms with Crippen molar-refractivity contribution in [1.82, 2.24) is 0 Å². The number of nitro benzene ring substituents is 1. The van der Waals surface area contributed by atoms with E-state index in [1.54, 1.807) is 36.4 Å². The van der Waals surface area contributed by atoms with Crippen LogP contribution in [-0.2, 0) is 0 Å². The summed E-state index contributed by atoms with van der Waals surface area (Å²) in [5, 5.41) is 24.0. The standard InChI is InChI=1S/C13H11N3O3/c17-13-7-2-1-4-10(13)9-14-15-11-5-3-6-12(8-11)16(18)19/h1-9,15,17H/b14-9+. The predicted molar refractivity (Wildman–Crippen MR) is 72.4 cm³/mol. The molecule has 0 aliphatic rings. The van der Waals surface area contributed by atoms with Gasteiger partial charge < -0.3 is 5.11 Å². The Bertz CT molecular complexity index is 626. The molecule has 0 aliphatic carbocycles. The van der Waals surface area contributed by atoms with Crippen LogP contribution in [0.1, 0.15) is 5.56 Å². The average molecular weight is 257 g/mol. The van der Waals surface area contributed by atoms with Crippen molar-refractivity contribution in [2.45, 2.75) is 0 Å². The fourth-order valence-electron chi connectivity index (χ4n) is 1.46. The minimum Gasteiger partial charge on any atom is -0.507 e. The third kappa shape index (κ3) is 3.29. The monoisotopic (exact) mass is 257 g/mol. The van der Waals surface area contributed by atoms with E-state index in [0.717, 1.165) is 0 Å². The van der Waals surface area contributed by atoms with Crippen LogP contribution >= 0.6 is 0 Å². The van der Waals surface area contributed by atoms with E-state index >= 15 is 0 Å². The molecule has 0 unspecified atom stereocenters. The van der Waals surface area contributed by atoms with Crippen LogP contribution < -0.4 is 5.43 Å². The van der Waals surface area contributed by atoms with E-state index < -0.39 is 4.92 Å². The summed E-state index contributed by atoms with van der Waals surface area (Å²) in [5.74, 6) is 0.118. The van der Waals surface area contributed by atoms with Gasteiger partial charge in [0.2, 0.25) is 0 Å². The predicted octanol–water partition coefficient (Wildman–Crippen LogP) is 2.75. The molecule has 0 bridgehead atoms. The number of rotatable bonds is 4. The van der Waals surface area contributed by atoms with E-state index in [1.165, 1.54) is 18.3 Å². The van der Waals surface area contributed by atoms with Gasteiger partial charge in [0.15, 0.2) is 0 Å². The van der Waals surface area contributed by atoms with Gasteiger partial charge in [0.25, 0.3) is 5.69 Å². The summed E-state index contributed by atoms with van der Waals surface area (Å²) in [7, 11) is 0. The molecule has 0 aromatic heterocycles. The lowest BCUT2D eigenvalue weighted by Gasteiger charge is -2.00. The number of non-ortho nitro benzene ring substituents is 1. The molecule has 2 N–H and O–H groups in total. The molecule has 0 atom stereocenters. The first-order chi connectivity index (χ1) is 9.16. The number of anilines is 1. The minimum atomic E-state index is -0.474. The zero-order chi connectivity index (χ0) is 13.7. The summed E-state index contributed by atoms with van der Waals surface area (Å²) < 4.78 is 0. The molecule has 19 heavy (non-hydrogen) atoms. The number of benzene rings is 2. The molecule has 0 fully saturated rings. The van der Waals surface area contributed by atoms with Crippen LogP contribution in [-0.4, -0.2) is 16.2 Å². The molecule has 96 valence electrons. The Morgan fingerprint density at radius 3 is 2.74 bits per heavy atom. The van der Waals surface area contributed by atoms with Crippen molar-refractivity contribution in [3.63, 3.8) is 0 Å². The third-order valence-electron chi connectivity index (χ3n) is 2.39. The number of hydrazone groups is 1. The number of hydrogen-bond acceptors (Lipinski definition) is 5. The summed E-state index contributed by atoms with van der Waals surface area (Å²) in [6, 6.07) is 12.7. The van der Waals surface area contributed by atoms with E-state index in [2.05, 4.69) is 10.5 Å². The van der Waals surface area contributed by atoms with E-state index in [9.17, 15) is 15.2 Å². The zero-order valence-electron chi connectivity index (χ0n) is 9.85. The van der Waals surface area contributed by atoms with Crippen LogP contribution in [0.15, 0.2) is 53.6 Å². The van der Waals surface area contributed by atoms with Gasteiger partial charge in [0.1, 0.15) is 5.75 Å². The maximum atomic E-state index is 10.6. The Hall–Kier alpha value is -2.89. The minimum absolute atomic E-state index is 0.0113. The fourth-order valence-corrected chi connectivity index (χ4v) is 1.46. The maximum Gasteiger partial charge on any atom is 0.271 e. The van der Waals surface area contributed by atoms with Crippen molar-refractivity contribution in [2.75, 3.05) is 5.43 Å². The maximum absolute atomic E-state index is 10.6. The molecule has 6 heteroatoms. The van der Waals surface area contributed by atoms with Gasteiger partial charge >= 0.3 is 0 Å². The molecule has 6 nitrogen and oxygen atoms in total. The quantitative estimate of drug-likeness (QED) is 0.500. The summed E-state index contributed by atoms with van der Waals surface area (Å²) in [6.07, 6.45) is 1.44. The largest absolute Gasteiger partial charge is 0.507 e. The van der Waals surface area contributed by atoms with Gasteiger partial charge in [0, 0.05) is 17.7 Å². The lowest BCUT2D eigenvalue weighted by atomic mass is 10.2. The molecule has 0 heterocycles. The molecule has 0 saturated carbocycles. The number of phenolic OH excluding ortho intramolecular Hbond substituents is 1. The van der Waals surface area contributed by atoms with Crippen LogP contribution in [0.3, 0.4) is 0 Å². The van der Waals surface area contributed by atoms with Crippen LogP contribution in [0.25, 0.3) is 0 Å². The Kier molecular flexibility index (Phi) is 3.72. The second-order valence-corrected chi connectivity index (χ2v) is 3.74. The average Bonchev–Trinajstić information content (AvgIpc) is 2.41. The number of nitro groups is 1. The van der Waals surface area contributed by atoms with Crippen molar-refractivity contribution in [1.29, 1.82) is 0 Å². The lowest BCUT2D eigenvalue weighted by molar-refractivity contribution is -0.384. The number of para-hydroxylation sites is 1. The second kappa shape index (κ2) is 5.63. The van der Waals surface area contributed by atoms with E-state index in [1.807, 2.05) is 0 Å². The highest BCUT2D eigenvalue weighted by molar-refractivity contribution is 5.83. The lowest BCUT2D eigenvalue weighted by Crippen LogP contribution is -1.93. The van der Waals surface area contributed by atoms with Crippen LogP contribution in [0.5, 0.6) is 5.75 Å². The van der Waals surface area contributed by atoms with Crippen LogP contribution in [0.2, 0.25) is 0 Å². The summed E-state index contributed by atoms with van der Waals surface area (Å²) in [6.45, 7) is 0. The van der Waals surface area contributed by atoms with Gasteiger partial charge in [-0.15, -0.1) is 0 Å². The Balaban J connectivity index is 2.09. The first-order valence-electron chi connectivity index (χ1n) is 5.48. The third-order valence-corrected chi connectivity index (χ3v) is 2.39. The number of hydrogen-bond donors (Lipinski definition) is 2. The van der Waals surface area contributed by atoms with Crippen LogP contribution in [0, 0.1) is 10.1 Å². The molecule has 2 rings (SSSR count). The highest BCUT2D eigenvalue weighted by atomic mass is 16.6. The zero-order valence-corrected chi connectivity index (χ0v) is 9.85. The van der Waals surface area contributed by atoms with E-state index in [4.69, 9.17) is 0 Å². The van der Waals surface area contributed by atoms with Crippen molar-refractivity contribution in [3.05, 3.63) is 64.2 Å². The normalized spacial score (nSPS) is 10.5. The first kappa shape index (κ1) is 12.6. The molecular formula is C13H11N3O3.